The molecule has 0 heterocycles. The maximum atomic E-state index is 13.6. The molecule has 0 radical (unpaired) electrons. The first-order chi connectivity index (χ1) is 10.1. The van der Waals surface area contributed by atoms with Gasteiger partial charge in [0, 0.05) is 12.5 Å². The molecule has 2 unspecified atom stereocenters. The molecule has 1 N–H and O–H groups in total. The Kier molecular flexibility index (Phi) is 5.59. The molecular weight excluding hydrogens is 269 g/mol. The number of aryl methyl sites for hydroxylation is 1. The topological polar surface area (TPSA) is 38.3 Å². The maximum absolute atomic E-state index is 13.6. The first kappa shape index (κ1) is 15.8. The van der Waals surface area contributed by atoms with Crippen molar-refractivity contribution in [2.45, 2.75) is 51.5 Å². The Hall–Kier alpha value is -1.58. The van der Waals surface area contributed by atoms with Gasteiger partial charge >= 0.3 is 0 Å². The van der Waals surface area contributed by atoms with Crippen molar-refractivity contribution >= 4 is 5.91 Å². The van der Waals surface area contributed by atoms with Crippen LogP contribution in [-0.2, 0) is 11.2 Å². The summed E-state index contributed by atoms with van der Waals surface area (Å²) in [6, 6.07) is 5.16. The monoisotopic (exact) mass is 293 g/mol. The third-order valence-corrected chi connectivity index (χ3v) is 4.16. The van der Waals surface area contributed by atoms with E-state index in [0.29, 0.717) is 24.8 Å². The lowest BCUT2D eigenvalue weighted by Gasteiger charge is -2.27. The molecular formula is C17H24FNO2. The first-order valence-corrected chi connectivity index (χ1v) is 7.70. The van der Waals surface area contributed by atoms with Crippen molar-refractivity contribution in [2.24, 2.45) is 5.92 Å². The van der Waals surface area contributed by atoms with Crippen LogP contribution >= 0.6 is 0 Å². The Balaban J connectivity index is 1.79. The summed E-state index contributed by atoms with van der Waals surface area (Å²) in [4.78, 5) is 12.0. The van der Waals surface area contributed by atoms with Gasteiger partial charge in [-0.1, -0.05) is 25.8 Å². The fourth-order valence-electron chi connectivity index (χ4n) is 2.99. The number of benzene rings is 1. The molecule has 1 aromatic rings. The van der Waals surface area contributed by atoms with Gasteiger partial charge in [-0.3, -0.25) is 4.79 Å². The predicted octanol–water partition coefficient (Wildman–Crippen LogP) is 3.46. The van der Waals surface area contributed by atoms with Gasteiger partial charge in [-0.2, -0.15) is 0 Å². The molecule has 1 fully saturated rings. The average Bonchev–Trinajstić information content (AvgIpc) is 2.45. The second kappa shape index (κ2) is 7.43. The number of carbonyl (C=O) groups is 1. The molecule has 1 aliphatic carbocycles. The van der Waals surface area contributed by atoms with E-state index in [4.69, 9.17) is 4.74 Å². The van der Waals surface area contributed by atoms with E-state index in [1.54, 1.807) is 12.1 Å². The van der Waals surface area contributed by atoms with Crippen LogP contribution in [0.1, 0.15) is 44.6 Å². The molecule has 116 valence electrons. The highest BCUT2D eigenvalue weighted by Gasteiger charge is 2.20. The molecule has 2 atom stereocenters. The smallest absolute Gasteiger partial charge is 0.220 e. The van der Waals surface area contributed by atoms with E-state index >= 15 is 0 Å². The number of halogens is 1. The van der Waals surface area contributed by atoms with Gasteiger partial charge in [-0.05, 0) is 42.9 Å². The van der Waals surface area contributed by atoms with Crippen LogP contribution in [0.15, 0.2) is 18.2 Å². The summed E-state index contributed by atoms with van der Waals surface area (Å²) in [5, 5.41) is 3.10. The van der Waals surface area contributed by atoms with Crippen LogP contribution in [0.4, 0.5) is 4.39 Å². The summed E-state index contributed by atoms with van der Waals surface area (Å²) < 4.78 is 18.4. The standard InChI is InChI=1S/C17H24FNO2/c1-12-4-3-5-14(10-12)19-17(20)9-7-13-6-8-16(21-2)15(18)11-13/h6,8,11-12,14H,3-5,7,9-10H2,1-2H3,(H,19,20). The maximum Gasteiger partial charge on any atom is 0.220 e. The summed E-state index contributed by atoms with van der Waals surface area (Å²) >= 11 is 0. The van der Waals surface area contributed by atoms with E-state index in [9.17, 15) is 9.18 Å². The van der Waals surface area contributed by atoms with Crippen molar-refractivity contribution in [2.75, 3.05) is 7.11 Å². The van der Waals surface area contributed by atoms with Crippen molar-refractivity contribution in [3.63, 3.8) is 0 Å². The Morgan fingerprint density at radius 3 is 2.90 bits per heavy atom. The zero-order valence-electron chi connectivity index (χ0n) is 12.8. The molecule has 0 saturated heterocycles. The number of ether oxygens (including phenoxy) is 1. The molecule has 1 saturated carbocycles. The van der Waals surface area contributed by atoms with Crippen LogP contribution in [0, 0.1) is 11.7 Å². The second-order valence-corrected chi connectivity index (χ2v) is 6.01. The second-order valence-electron chi connectivity index (χ2n) is 6.01. The van der Waals surface area contributed by atoms with E-state index in [-0.39, 0.29) is 17.5 Å². The van der Waals surface area contributed by atoms with E-state index in [0.717, 1.165) is 18.4 Å². The molecule has 1 amide bonds. The van der Waals surface area contributed by atoms with Crippen LogP contribution < -0.4 is 10.1 Å². The van der Waals surface area contributed by atoms with Gasteiger partial charge in [0.05, 0.1) is 7.11 Å². The zero-order chi connectivity index (χ0) is 15.2. The number of amides is 1. The molecule has 0 bridgehead atoms. The molecule has 1 aliphatic rings. The van der Waals surface area contributed by atoms with Crippen LogP contribution in [0.3, 0.4) is 0 Å². The minimum absolute atomic E-state index is 0.0605. The molecule has 21 heavy (non-hydrogen) atoms. The minimum Gasteiger partial charge on any atom is -0.494 e. The number of hydrogen-bond donors (Lipinski definition) is 1. The highest BCUT2D eigenvalue weighted by molar-refractivity contribution is 5.76. The Bertz CT molecular complexity index is 490. The van der Waals surface area contributed by atoms with Crippen LogP contribution in [0.5, 0.6) is 5.75 Å². The van der Waals surface area contributed by atoms with E-state index in [1.807, 2.05) is 0 Å². The molecule has 1 aromatic carbocycles. The summed E-state index contributed by atoms with van der Waals surface area (Å²) in [5.41, 5.74) is 0.820. The van der Waals surface area contributed by atoms with Gasteiger partial charge in [0.15, 0.2) is 11.6 Å². The largest absolute Gasteiger partial charge is 0.494 e. The van der Waals surface area contributed by atoms with Gasteiger partial charge < -0.3 is 10.1 Å². The SMILES string of the molecule is COc1ccc(CCC(=O)NC2CCCC(C)C2)cc1F. The van der Waals surface area contributed by atoms with Gasteiger partial charge in [-0.25, -0.2) is 4.39 Å². The van der Waals surface area contributed by atoms with Crippen molar-refractivity contribution < 1.29 is 13.9 Å². The fourth-order valence-corrected chi connectivity index (χ4v) is 2.99. The molecule has 3 nitrogen and oxygen atoms in total. The number of hydrogen-bond acceptors (Lipinski definition) is 2. The number of rotatable bonds is 5. The third-order valence-electron chi connectivity index (χ3n) is 4.16. The van der Waals surface area contributed by atoms with Crippen LogP contribution in [0.25, 0.3) is 0 Å². The summed E-state index contributed by atoms with van der Waals surface area (Å²) in [6.45, 7) is 2.23. The average molecular weight is 293 g/mol. The van der Waals surface area contributed by atoms with Crippen molar-refractivity contribution in [1.82, 2.24) is 5.32 Å². The lowest BCUT2D eigenvalue weighted by Crippen LogP contribution is -2.38. The number of carbonyl (C=O) groups excluding carboxylic acids is 1. The number of methoxy groups -OCH3 is 1. The minimum atomic E-state index is -0.378. The van der Waals surface area contributed by atoms with E-state index < -0.39 is 0 Å². The summed E-state index contributed by atoms with van der Waals surface area (Å²) in [6.07, 6.45) is 5.55. The van der Waals surface area contributed by atoms with E-state index in [2.05, 4.69) is 12.2 Å². The molecule has 4 heteroatoms. The Labute approximate surface area is 125 Å². The molecule has 0 spiro atoms. The lowest BCUT2D eigenvalue weighted by molar-refractivity contribution is -0.122. The van der Waals surface area contributed by atoms with Crippen molar-refractivity contribution in [1.29, 1.82) is 0 Å². The van der Waals surface area contributed by atoms with Gasteiger partial charge in [0.2, 0.25) is 5.91 Å². The van der Waals surface area contributed by atoms with Crippen LogP contribution in [0.2, 0.25) is 0 Å². The highest BCUT2D eigenvalue weighted by atomic mass is 19.1. The highest BCUT2D eigenvalue weighted by Crippen LogP contribution is 2.23. The van der Waals surface area contributed by atoms with Gasteiger partial charge in [-0.15, -0.1) is 0 Å². The van der Waals surface area contributed by atoms with E-state index in [1.165, 1.54) is 26.0 Å². The predicted molar refractivity (Wildman–Crippen MR) is 80.8 cm³/mol. The van der Waals surface area contributed by atoms with Gasteiger partial charge in [0.1, 0.15) is 0 Å². The fraction of sp³-hybridized carbons (Fsp3) is 0.588. The molecule has 0 aliphatic heterocycles. The zero-order valence-corrected chi connectivity index (χ0v) is 12.8. The van der Waals surface area contributed by atoms with Crippen molar-refractivity contribution in [3.05, 3.63) is 29.6 Å². The normalized spacial score (nSPS) is 21.9. The number of nitrogens with one attached hydrogen (secondary N) is 1. The first-order valence-electron chi connectivity index (χ1n) is 7.70. The quantitative estimate of drug-likeness (QED) is 0.903. The van der Waals surface area contributed by atoms with Crippen molar-refractivity contribution in [3.8, 4) is 5.75 Å². The molecule has 2 rings (SSSR count). The van der Waals surface area contributed by atoms with Crippen LogP contribution in [-0.4, -0.2) is 19.1 Å². The lowest BCUT2D eigenvalue weighted by atomic mass is 9.87. The Morgan fingerprint density at radius 2 is 2.24 bits per heavy atom. The Morgan fingerprint density at radius 1 is 1.43 bits per heavy atom. The third kappa shape index (κ3) is 4.73. The summed E-state index contributed by atoms with van der Waals surface area (Å²) in [7, 11) is 1.44. The molecule has 0 aromatic heterocycles. The van der Waals surface area contributed by atoms with Gasteiger partial charge in [0.25, 0.3) is 0 Å². The summed E-state index contributed by atoms with van der Waals surface area (Å²) in [5.74, 6) is 0.612.